The average molecular weight is 598 g/mol. The molecule has 1 aromatic rings. The molecule has 1 rings (SSSR count). The van der Waals surface area contributed by atoms with Gasteiger partial charge in [0.15, 0.2) is 11.5 Å². The molecule has 0 saturated carbocycles. The van der Waals surface area contributed by atoms with Gasteiger partial charge in [0.25, 0.3) is 0 Å². The smallest absolute Gasteiger partial charge is 0.468 e. The van der Waals surface area contributed by atoms with E-state index in [0.717, 1.165) is 19.3 Å². The van der Waals surface area contributed by atoms with Crippen molar-refractivity contribution in [1.29, 1.82) is 0 Å². The van der Waals surface area contributed by atoms with Crippen molar-refractivity contribution in [2.24, 2.45) is 0 Å². The standard InChI is InChI=1S/C30H47NO11/c1-9-12-13-17-37-26(33)38-18-16-31-22(25(32)36-8)19-21-14-15-23(39-27(34)41-29(4,5)10-2)24(20-21)40-28(35)42-30(6,7)11-3/h14-15,20,22,31H,9-13,16-19H2,1-8H3/t22-/m0/s1. The first kappa shape index (κ1) is 36.5. The van der Waals surface area contributed by atoms with Crippen molar-refractivity contribution < 1.29 is 52.3 Å². The van der Waals surface area contributed by atoms with Crippen molar-refractivity contribution in [3.05, 3.63) is 23.8 Å². The van der Waals surface area contributed by atoms with Crippen LogP contribution in [0.15, 0.2) is 18.2 Å². The maximum atomic E-state index is 12.6. The number of carbonyl (C=O) groups excluding carboxylic acids is 4. The molecule has 1 aromatic carbocycles. The zero-order valence-electron chi connectivity index (χ0n) is 26.2. The molecule has 42 heavy (non-hydrogen) atoms. The van der Waals surface area contributed by atoms with Crippen molar-refractivity contribution in [3.63, 3.8) is 0 Å². The lowest BCUT2D eigenvalue weighted by molar-refractivity contribution is -0.143. The summed E-state index contributed by atoms with van der Waals surface area (Å²) in [6, 6.07) is 3.65. The SMILES string of the molecule is CCCCCOC(=O)OCCN[C@@H](Cc1ccc(OC(=O)OC(C)(C)CC)c(OC(=O)OC(C)(C)CC)c1)C(=O)OC. The first-order chi connectivity index (χ1) is 19.8. The van der Waals surface area contributed by atoms with Crippen LogP contribution in [0, 0.1) is 0 Å². The van der Waals surface area contributed by atoms with Crippen molar-refractivity contribution >= 4 is 24.4 Å². The van der Waals surface area contributed by atoms with Crippen molar-refractivity contribution in [2.75, 3.05) is 26.9 Å². The molecule has 238 valence electrons. The maximum absolute atomic E-state index is 12.6. The third-order valence-corrected chi connectivity index (χ3v) is 6.42. The number of hydrogen-bond donors (Lipinski definition) is 1. The lowest BCUT2D eigenvalue weighted by Crippen LogP contribution is -2.41. The molecule has 0 fully saturated rings. The van der Waals surface area contributed by atoms with E-state index in [1.807, 2.05) is 20.8 Å². The molecule has 0 aliphatic heterocycles. The number of nitrogens with one attached hydrogen (secondary N) is 1. The largest absolute Gasteiger partial charge is 0.514 e. The van der Waals surface area contributed by atoms with Gasteiger partial charge in [-0.3, -0.25) is 4.79 Å². The highest BCUT2D eigenvalue weighted by molar-refractivity contribution is 5.76. The van der Waals surface area contributed by atoms with Gasteiger partial charge in [-0.15, -0.1) is 0 Å². The fourth-order valence-electron chi connectivity index (χ4n) is 3.19. The number of methoxy groups -OCH3 is 1. The van der Waals surface area contributed by atoms with E-state index in [2.05, 4.69) is 5.32 Å². The number of unbranched alkanes of at least 4 members (excludes halogenated alkanes) is 2. The minimum atomic E-state index is -0.993. The molecule has 12 nitrogen and oxygen atoms in total. The average Bonchev–Trinajstić information content (AvgIpc) is 2.93. The fraction of sp³-hybridized carbons (Fsp3) is 0.667. The van der Waals surface area contributed by atoms with Gasteiger partial charge in [0.1, 0.15) is 23.9 Å². The van der Waals surface area contributed by atoms with Gasteiger partial charge in [-0.2, -0.15) is 0 Å². The normalized spacial score (nSPS) is 12.1. The summed E-state index contributed by atoms with van der Waals surface area (Å²) >= 11 is 0. The summed E-state index contributed by atoms with van der Waals surface area (Å²) < 4.78 is 36.4. The molecule has 12 heteroatoms. The Morgan fingerprint density at radius 3 is 1.90 bits per heavy atom. The first-order valence-electron chi connectivity index (χ1n) is 14.3. The Balaban J connectivity index is 3.01. The minimum absolute atomic E-state index is 0.0312. The summed E-state index contributed by atoms with van der Waals surface area (Å²) in [6.07, 6.45) is 1.17. The molecule has 0 unspecified atom stereocenters. The fourth-order valence-corrected chi connectivity index (χ4v) is 3.19. The van der Waals surface area contributed by atoms with E-state index >= 15 is 0 Å². The molecule has 0 radical (unpaired) electrons. The lowest BCUT2D eigenvalue weighted by Gasteiger charge is -2.24. The molecule has 1 atom stereocenters. The molecule has 0 aromatic heterocycles. The molecule has 0 aliphatic rings. The number of benzene rings is 1. The van der Waals surface area contributed by atoms with E-state index in [9.17, 15) is 19.2 Å². The van der Waals surface area contributed by atoms with E-state index in [-0.39, 0.29) is 37.7 Å². The van der Waals surface area contributed by atoms with Gasteiger partial charge in [0.2, 0.25) is 0 Å². The van der Waals surface area contributed by atoms with E-state index in [4.69, 9.17) is 33.2 Å². The van der Waals surface area contributed by atoms with E-state index in [0.29, 0.717) is 18.4 Å². The molecule has 0 spiro atoms. The second-order valence-corrected chi connectivity index (χ2v) is 10.8. The van der Waals surface area contributed by atoms with Crippen LogP contribution in [0.1, 0.15) is 86.1 Å². The molecule has 0 heterocycles. The number of carbonyl (C=O) groups is 4. The third kappa shape index (κ3) is 14.4. The monoisotopic (exact) mass is 597 g/mol. The summed E-state index contributed by atoms with van der Waals surface area (Å²) in [5, 5.41) is 2.98. The second-order valence-electron chi connectivity index (χ2n) is 10.8. The van der Waals surface area contributed by atoms with Crippen molar-refractivity contribution in [2.45, 2.75) is 104 Å². The molecular formula is C30H47NO11. The highest BCUT2D eigenvalue weighted by atomic mass is 16.8. The molecule has 0 saturated heterocycles. The van der Waals surface area contributed by atoms with Crippen LogP contribution >= 0.6 is 0 Å². The Labute approximate surface area is 248 Å². The third-order valence-electron chi connectivity index (χ3n) is 6.42. The highest BCUT2D eigenvalue weighted by Crippen LogP contribution is 2.31. The van der Waals surface area contributed by atoms with Crippen LogP contribution in [0.2, 0.25) is 0 Å². The van der Waals surface area contributed by atoms with Crippen LogP contribution in [0.5, 0.6) is 11.5 Å². The van der Waals surface area contributed by atoms with Crippen LogP contribution in [-0.4, -0.2) is 68.5 Å². The quantitative estimate of drug-likeness (QED) is 0.0956. The van der Waals surface area contributed by atoms with Crippen LogP contribution in [0.4, 0.5) is 14.4 Å². The van der Waals surface area contributed by atoms with Gasteiger partial charge >= 0.3 is 24.4 Å². The van der Waals surface area contributed by atoms with Crippen molar-refractivity contribution in [1.82, 2.24) is 5.32 Å². The minimum Gasteiger partial charge on any atom is -0.468 e. The summed E-state index contributed by atoms with van der Waals surface area (Å²) in [6.45, 7) is 13.1. The topological polar surface area (TPSA) is 145 Å². The van der Waals surface area contributed by atoms with Gasteiger partial charge in [0, 0.05) is 6.54 Å². The van der Waals surface area contributed by atoms with Crippen LogP contribution in [0.3, 0.4) is 0 Å². The Morgan fingerprint density at radius 1 is 0.786 bits per heavy atom. The van der Waals surface area contributed by atoms with Gasteiger partial charge in [-0.1, -0.05) is 39.7 Å². The summed E-state index contributed by atoms with van der Waals surface area (Å²) in [4.78, 5) is 49.2. The van der Waals surface area contributed by atoms with Crippen LogP contribution in [0.25, 0.3) is 0 Å². The predicted molar refractivity (Wildman–Crippen MR) is 154 cm³/mol. The lowest BCUT2D eigenvalue weighted by atomic mass is 10.1. The zero-order valence-corrected chi connectivity index (χ0v) is 26.2. The molecule has 0 aliphatic carbocycles. The Morgan fingerprint density at radius 2 is 1.36 bits per heavy atom. The number of ether oxygens (including phenoxy) is 7. The summed E-state index contributed by atoms with van der Waals surface area (Å²) in [5.41, 5.74) is -1.01. The Bertz CT molecular complexity index is 1020. The molecule has 0 bridgehead atoms. The summed E-state index contributed by atoms with van der Waals surface area (Å²) in [7, 11) is 1.25. The number of rotatable bonds is 17. The molecule has 0 amide bonds. The second kappa shape index (κ2) is 18.1. The summed E-state index contributed by atoms with van der Waals surface area (Å²) in [5.74, 6) is -0.738. The maximum Gasteiger partial charge on any atom is 0.514 e. The van der Waals surface area contributed by atoms with Crippen LogP contribution < -0.4 is 14.8 Å². The van der Waals surface area contributed by atoms with Gasteiger partial charge < -0.3 is 38.5 Å². The van der Waals surface area contributed by atoms with E-state index < -0.39 is 41.7 Å². The number of hydrogen-bond acceptors (Lipinski definition) is 12. The molecule has 1 N–H and O–H groups in total. The van der Waals surface area contributed by atoms with E-state index in [1.54, 1.807) is 33.8 Å². The van der Waals surface area contributed by atoms with Gasteiger partial charge in [-0.05, 0) is 71.1 Å². The number of esters is 1. The zero-order chi connectivity index (χ0) is 31.8. The predicted octanol–water partition coefficient (Wildman–Crippen LogP) is 6.11. The Kier molecular flexibility index (Phi) is 15.7. The highest BCUT2D eigenvalue weighted by Gasteiger charge is 2.27. The van der Waals surface area contributed by atoms with Crippen molar-refractivity contribution in [3.8, 4) is 11.5 Å². The van der Waals surface area contributed by atoms with Gasteiger partial charge in [0.05, 0.1) is 13.7 Å². The van der Waals surface area contributed by atoms with Crippen LogP contribution in [-0.2, 0) is 34.9 Å². The van der Waals surface area contributed by atoms with E-state index in [1.165, 1.54) is 19.2 Å². The molecular weight excluding hydrogens is 550 g/mol. The first-order valence-corrected chi connectivity index (χ1v) is 14.3. The van der Waals surface area contributed by atoms with Gasteiger partial charge in [-0.25, -0.2) is 14.4 Å². The Hall–Kier alpha value is -3.54.